The van der Waals surface area contributed by atoms with Crippen molar-refractivity contribution >= 4 is 6.01 Å². The highest BCUT2D eigenvalue weighted by atomic mass is 16.5. The minimum Gasteiger partial charge on any atom is -0.407 e. The first kappa shape index (κ1) is 12.3. The maximum atomic E-state index is 5.65. The molecule has 0 atom stereocenters. The Morgan fingerprint density at radius 2 is 2.24 bits per heavy atom. The Hall–Kier alpha value is -1.14. The first-order valence-corrected chi connectivity index (χ1v) is 6.02. The Bertz CT molecular complexity index is 364. The number of rotatable bonds is 4. The van der Waals surface area contributed by atoms with E-state index in [1.165, 1.54) is 0 Å². The van der Waals surface area contributed by atoms with E-state index in [-0.39, 0.29) is 5.54 Å². The Morgan fingerprint density at radius 1 is 1.41 bits per heavy atom. The summed E-state index contributed by atoms with van der Waals surface area (Å²) in [5.74, 6) is 0.629. The normalized spacial score (nSPS) is 19.6. The van der Waals surface area contributed by atoms with Crippen LogP contribution in [0.5, 0.6) is 0 Å². The van der Waals surface area contributed by atoms with Crippen molar-refractivity contribution in [2.24, 2.45) is 0 Å². The number of hydrogen-bond acceptors (Lipinski definition) is 6. The lowest BCUT2D eigenvalue weighted by Gasteiger charge is -2.40. The lowest BCUT2D eigenvalue weighted by atomic mass is 10.0. The molecule has 2 heterocycles. The molecule has 1 aliphatic heterocycles. The van der Waals surface area contributed by atoms with Crippen molar-refractivity contribution in [3.8, 4) is 0 Å². The van der Waals surface area contributed by atoms with Crippen LogP contribution in [-0.4, -0.2) is 42.0 Å². The molecule has 6 nitrogen and oxygen atoms in total. The van der Waals surface area contributed by atoms with Crippen LogP contribution in [0.1, 0.15) is 26.7 Å². The third kappa shape index (κ3) is 2.76. The second-order valence-corrected chi connectivity index (χ2v) is 4.78. The van der Waals surface area contributed by atoms with E-state index in [0.29, 0.717) is 31.7 Å². The van der Waals surface area contributed by atoms with Crippen molar-refractivity contribution in [1.29, 1.82) is 0 Å². The van der Waals surface area contributed by atoms with E-state index in [9.17, 15) is 0 Å². The Kier molecular flexibility index (Phi) is 3.63. The van der Waals surface area contributed by atoms with Gasteiger partial charge in [-0.05, 0) is 20.4 Å². The number of hydrogen-bond donors (Lipinski definition) is 1. The molecule has 0 radical (unpaired) electrons. The molecule has 0 amide bonds. The molecule has 1 saturated heterocycles. The molecule has 0 spiro atoms. The summed E-state index contributed by atoms with van der Waals surface area (Å²) in [4.78, 5) is 2.11. The molecule has 1 fully saturated rings. The molecule has 1 N–H and O–H groups in total. The Labute approximate surface area is 101 Å². The summed E-state index contributed by atoms with van der Waals surface area (Å²) in [5, 5.41) is 11.3. The standard InChI is InChI=1S/C11H20N4O2/c1-4-12-7-9-13-14-10(17-9)15-5-6-16-8-11(15,2)3/h12H,4-8H2,1-3H3. The zero-order valence-corrected chi connectivity index (χ0v) is 10.7. The minimum atomic E-state index is -0.0970. The molecule has 0 aliphatic carbocycles. The first-order chi connectivity index (χ1) is 8.13. The number of morpholine rings is 1. The van der Waals surface area contributed by atoms with Gasteiger partial charge in [0.05, 0.1) is 25.3 Å². The largest absolute Gasteiger partial charge is 0.407 e. The molecule has 0 aromatic carbocycles. The van der Waals surface area contributed by atoms with Crippen LogP contribution in [0.25, 0.3) is 0 Å². The van der Waals surface area contributed by atoms with Crippen molar-refractivity contribution in [2.45, 2.75) is 32.9 Å². The van der Waals surface area contributed by atoms with Crippen LogP contribution in [-0.2, 0) is 11.3 Å². The molecule has 0 saturated carbocycles. The predicted octanol–water partition coefficient (Wildman–Crippen LogP) is 0.794. The zero-order valence-electron chi connectivity index (χ0n) is 10.7. The van der Waals surface area contributed by atoms with Crippen LogP contribution in [0.2, 0.25) is 0 Å². The van der Waals surface area contributed by atoms with Gasteiger partial charge in [-0.1, -0.05) is 12.0 Å². The van der Waals surface area contributed by atoms with E-state index in [2.05, 4.69) is 34.3 Å². The van der Waals surface area contributed by atoms with Gasteiger partial charge in [0.25, 0.3) is 0 Å². The van der Waals surface area contributed by atoms with Crippen molar-refractivity contribution in [3.63, 3.8) is 0 Å². The molecule has 1 aromatic rings. The van der Waals surface area contributed by atoms with E-state index in [4.69, 9.17) is 9.15 Å². The maximum absolute atomic E-state index is 5.65. The quantitative estimate of drug-likeness (QED) is 0.839. The number of nitrogens with one attached hydrogen (secondary N) is 1. The van der Waals surface area contributed by atoms with Gasteiger partial charge < -0.3 is 19.4 Å². The van der Waals surface area contributed by atoms with E-state index >= 15 is 0 Å². The smallest absolute Gasteiger partial charge is 0.318 e. The third-order valence-corrected chi connectivity index (χ3v) is 2.86. The highest BCUT2D eigenvalue weighted by molar-refractivity contribution is 5.30. The van der Waals surface area contributed by atoms with Crippen LogP contribution >= 0.6 is 0 Å². The molecule has 2 rings (SSSR count). The number of nitrogens with zero attached hydrogens (tertiary/aromatic N) is 3. The average Bonchev–Trinajstić information content (AvgIpc) is 2.74. The summed E-state index contributed by atoms with van der Waals surface area (Å²) in [6, 6.07) is 0.589. The average molecular weight is 240 g/mol. The second kappa shape index (κ2) is 5.01. The molecule has 0 unspecified atom stereocenters. The summed E-state index contributed by atoms with van der Waals surface area (Å²) in [6.07, 6.45) is 0. The lowest BCUT2D eigenvalue weighted by molar-refractivity contribution is 0.0610. The van der Waals surface area contributed by atoms with Gasteiger partial charge in [0.15, 0.2) is 0 Å². The fraction of sp³-hybridized carbons (Fsp3) is 0.818. The van der Waals surface area contributed by atoms with Crippen LogP contribution in [0.3, 0.4) is 0 Å². The minimum absolute atomic E-state index is 0.0970. The molecule has 1 aliphatic rings. The van der Waals surface area contributed by atoms with Crippen LogP contribution in [0.4, 0.5) is 6.01 Å². The van der Waals surface area contributed by atoms with Gasteiger partial charge in [0.1, 0.15) is 0 Å². The summed E-state index contributed by atoms with van der Waals surface area (Å²) in [6.45, 7) is 9.94. The Balaban J connectivity index is 2.07. The number of anilines is 1. The summed E-state index contributed by atoms with van der Waals surface area (Å²) in [7, 11) is 0. The molecule has 1 aromatic heterocycles. The van der Waals surface area contributed by atoms with Crippen LogP contribution in [0, 0.1) is 0 Å². The summed E-state index contributed by atoms with van der Waals surface area (Å²) >= 11 is 0. The molecule has 96 valence electrons. The third-order valence-electron chi connectivity index (χ3n) is 2.86. The van der Waals surface area contributed by atoms with Gasteiger partial charge in [-0.25, -0.2) is 0 Å². The lowest BCUT2D eigenvalue weighted by Crippen LogP contribution is -2.53. The highest BCUT2D eigenvalue weighted by Crippen LogP contribution is 2.25. The first-order valence-electron chi connectivity index (χ1n) is 6.02. The van der Waals surface area contributed by atoms with Gasteiger partial charge in [-0.3, -0.25) is 0 Å². The van der Waals surface area contributed by atoms with Gasteiger partial charge >= 0.3 is 6.01 Å². The zero-order chi connectivity index (χ0) is 12.3. The fourth-order valence-corrected chi connectivity index (χ4v) is 1.87. The van der Waals surface area contributed by atoms with E-state index in [1.54, 1.807) is 0 Å². The van der Waals surface area contributed by atoms with Crippen molar-refractivity contribution in [2.75, 3.05) is 31.2 Å². The Morgan fingerprint density at radius 3 is 2.94 bits per heavy atom. The SMILES string of the molecule is CCNCc1nnc(N2CCOCC2(C)C)o1. The van der Waals surface area contributed by atoms with Crippen molar-refractivity contribution in [3.05, 3.63) is 5.89 Å². The monoisotopic (exact) mass is 240 g/mol. The molecule has 6 heteroatoms. The van der Waals surface area contributed by atoms with Crippen molar-refractivity contribution in [1.82, 2.24) is 15.5 Å². The summed E-state index contributed by atoms with van der Waals surface area (Å²) < 4.78 is 11.1. The van der Waals surface area contributed by atoms with Gasteiger partial charge in [-0.2, -0.15) is 0 Å². The topological polar surface area (TPSA) is 63.4 Å². The molecule has 0 bridgehead atoms. The van der Waals surface area contributed by atoms with E-state index in [1.807, 2.05) is 6.92 Å². The van der Waals surface area contributed by atoms with Gasteiger partial charge in [-0.15, -0.1) is 5.10 Å². The molecular formula is C11H20N4O2. The van der Waals surface area contributed by atoms with Crippen LogP contribution in [0.15, 0.2) is 4.42 Å². The van der Waals surface area contributed by atoms with E-state index < -0.39 is 0 Å². The second-order valence-electron chi connectivity index (χ2n) is 4.78. The fourth-order valence-electron chi connectivity index (χ4n) is 1.87. The highest BCUT2D eigenvalue weighted by Gasteiger charge is 2.33. The molecular weight excluding hydrogens is 220 g/mol. The van der Waals surface area contributed by atoms with Gasteiger partial charge in [0.2, 0.25) is 5.89 Å². The van der Waals surface area contributed by atoms with Crippen molar-refractivity contribution < 1.29 is 9.15 Å². The maximum Gasteiger partial charge on any atom is 0.318 e. The number of aromatic nitrogens is 2. The number of ether oxygens (including phenoxy) is 1. The molecule has 17 heavy (non-hydrogen) atoms. The van der Waals surface area contributed by atoms with Crippen LogP contribution < -0.4 is 10.2 Å². The van der Waals surface area contributed by atoms with E-state index in [0.717, 1.165) is 13.1 Å². The summed E-state index contributed by atoms with van der Waals surface area (Å²) in [5.41, 5.74) is -0.0970. The van der Waals surface area contributed by atoms with Gasteiger partial charge in [0, 0.05) is 6.54 Å². The predicted molar refractivity (Wildman–Crippen MR) is 63.9 cm³/mol.